The second-order valence-corrected chi connectivity index (χ2v) is 16.8. The highest BCUT2D eigenvalue weighted by atomic mass is 32.2. The van der Waals surface area contributed by atoms with Gasteiger partial charge in [0.2, 0.25) is 5.91 Å². The molecule has 2 saturated heterocycles. The zero-order chi connectivity index (χ0) is 48.6. The van der Waals surface area contributed by atoms with Crippen molar-refractivity contribution < 1.29 is 82.0 Å². The number of hydrogen-bond donors (Lipinski definition) is 6. The highest BCUT2D eigenvalue weighted by Crippen LogP contribution is 2.42. The van der Waals surface area contributed by atoms with E-state index in [0.717, 1.165) is 26.4 Å². The lowest BCUT2D eigenvalue weighted by Gasteiger charge is -2.46. The number of aromatic nitrogens is 6. The van der Waals surface area contributed by atoms with Crippen LogP contribution in [0.2, 0.25) is 0 Å². The first kappa shape index (κ1) is 49.4. The molecule has 2 fully saturated rings. The summed E-state index contributed by atoms with van der Waals surface area (Å²) in [5, 5.41) is 74.9. The number of hydrogen-bond acceptors (Lipinski definition) is 19. The number of aliphatic hydroxyl groups is 4. The van der Waals surface area contributed by atoms with Gasteiger partial charge in [-0.2, -0.15) is 0 Å². The average Bonchev–Trinajstić information content (AvgIpc) is 4.07. The Morgan fingerprint density at radius 2 is 1.16 bits per heavy atom. The Labute approximate surface area is 387 Å². The molecular formula is C42H44F2N8O15S. The van der Waals surface area contributed by atoms with E-state index in [2.05, 4.69) is 25.9 Å². The van der Waals surface area contributed by atoms with Crippen LogP contribution in [0, 0.1) is 11.6 Å². The number of nitrogens with one attached hydrogen (secondary N) is 1. The number of aliphatic hydroxyl groups excluding tert-OH is 4. The lowest BCUT2D eigenvalue weighted by atomic mass is 9.97. The smallest absolute Gasteiger partial charge is 0.306 e. The molecule has 3 amide bonds. The van der Waals surface area contributed by atoms with E-state index in [-0.39, 0.29) is 30.9 Å². The number of imide groups is 1. The lowest BCUT2D eigenvalue weighted by molar-refractivity contribution is -0.196. The third kappa shape index (κ3) is 11.9. The van der Waals surface area contributed by atoms with E-state index in [0.29, 0.717) is 22.9 Å². The zero-order valence-electron chi connectivity index (χ0n) is 35.5. The van der Waals surface area contributed by atoms with Crippen molar-refractivity contribution in [1.29, 1.82) is 0 Å². The highest BCUT2D eigenvalue weighted by Gasteiger charge is 2.52. The molecule has 6 N–H and O–H groups in total. The fraction of sp³-hybridized carbons (Fsp3) is 0.429. The summed E-state index contributed by atoms with van der Waals surface area (Å²) in [6.07, 6.45) is -6.81. The Kier molecular flexibility index (Phi) is 16.0. The number of benzene rings is 2. The molecule has 0 bridgehead atoms. The number of thioether (sulfide) groups is 1. The van der Waals surface area contributed by atoms with E-state index in [4.69, 9.17) is 24.1 Å². The first-order chi connectivity index (χ1) is 32.6. The number of halogens is 2. The number of aliphatic carboxylic acids is 1. The zero-order valence-corrected chi connectivity index (χ0v) is 36.3. The minimum absolute atomic E-state index is 0.0757. The van der Waals surface area contributed by atoms with Crippen LogP contribution in [-0.4, -0.2) is 170 Å². The van der Waals surface area contributed by atoms with Crippen molar-refractivity contribution >= 4 is 47.4 Å². The number of carbonyl (C=O) groups excluding carboxylic acids is 5. The van der Waals surface area contributed by atoms with E-state index in [1.54, 1.807) is 12.1 Å². The monoisotopic (exact) mass is 970 g/mol. The molecule has 23 nitrogen and oxygen atoms in total. The fourth-order valence-electron chi connectivity index (χ4n) is 7.46. The first-order valence-electron chi connectivity index (χ1n) is 20.9. The molecule has 3 aliphatic heterocycles. The summed E-state index contributed by atoms with van der Waals surface area (Å²) in [5.74, 6) is -5.92. The molecule has 0 spiro atoms. The van der Waals surface area contributed by atoms with Gasteiger partial charge in [-0.15, -0.1) is 10.2 Å². The number of carboxylic acids is 1. The van der Waals surface area contributed by atoms with Crippen LogP contribution in [0.4, 0.5) is 8.78 Å². The predicted octanol–water partition coefficient (Wildman–Crippen LogP) is -0.337. The van der Waals surface area contributed by atoms with Gasteiger partial charge in [-0.25, -0.2) is 18.1 Å². The maximum Gasteiger partial charge on any atom is 0.306 e. The van der Waals surface area contributed by atoms with Gasteiger partial charge < -0.3 is 49.8 Å². The Bertz CT molecular complexity index is 2510. The number of carbonyl (C=O) groups is 6. The molecule has 68 heavy (non-hydrogen) atoms. The summed E-state index contributed by atoms with van der Waals surface area (Å²) >= 11 is 0.640. The molecule has 362 valence electrons. The van der Waals surface area contributed by atoms with E-state index in [1.807, 2.05) is 0 Å². The van der Waals surface area contributed by atoms with Crippen molar-refractivity contribution in [2.24, 2.45) is 0 Å². The van der Waals surface area contributed by atoms with Gasteiger partial charge in [-0.05, 0) is 24.3 Å². The topological polar surface area (TPSA) is 317 Å². The van der Waals surface area contributed by atoms with E-state index < -0.39 is 139 Å². The molecule has 0 unspecified atom stereocenters. The summed E-state index contributed by atoms with van der Waals surface area (Å²) in [6.45, 7) is -1.49. The number of nitrogens with zero attached hydrogens (tertiary/aromatic N) is 7. The molecule has 2 aromatic heterocycles. The Morgan fingerprint density at radius 1 is 0.691 bits per heavy atom. The van der Waals surface area contributed by atoms with Gasteiger partial charge >= 0.3 is 17.9 Å². The normalized spacial score (nSPS) is 25.9. The molecule has 3 aliphatic rings. The SMILES string of the molecule is O=C(O)CCC(=O)OC[C@H]1O[C@@H](S[C@@H]2O[C@H](COC(=O)CCC(=O)NCCN3C(=O)C=CC3=O)[C@H](O)[C@H](n3cc(-c4cccc(F)c4)nn3)[C@H]2O)[C@H](O)[C@@H](n2cc(-c3cccc(F)c3)nn2)[C@H]1O. The Hall–Kier alpha value is -6.55. The summed E-state index contributed by atoms with van der Waals surface area (Å²) in [6, 6.07) is 7.89. The van der Waals surface area contributed by atoms with Gasteiger partial charge in [0.1, 0.15) is 95.8 Å². The van der Waals surface area contributed by atoms with Crippen molar-refractivity contribution in [2.75, 3.05) is 26.3 Å². The van der Waals surface area contributed by atoms with Gasteiger partial charge in [0, 0.05) is 42.8 Å². The van der Waals surface area contributed by atoms with E-state index in [1.165, 1.54) is 48.8 Å². The maximum absolute atomic E-state index is 14.2. The first-order valence-corrected chi connectivity index (χ1v) is 21.9. The molecule has 0 saturated carbocycles. The number of carboxylic acid groups (broad SMARTS) is 1. The third-order valence-corrected chi connectivity index (χ3v) is 12.3. The predicted molar refractivity (Wildman–Crippen MR) is 225 cm³/mol. The summed E-state index contributed by atoms with van der Waals surface area (Å²) < 4.78 is 53.3. The van der Waals surface area contributed by atoms with Crippen LogP contribution < -0.4 is 5.32 Å². The van der Waals surface area contributed by atoms with Crippen molar-refractivity contribution in [3.05, 3.63) is 84.7 Å². The van der Waals surface area contributed by atoms with Crippen LogP contribution in [0.1, 0.15) is 37.8 Å². The van der Waals surface area contributed by atoms with Crippen molar-refractivity contribution in [3.8, 4) is 22.5 Å². The standard InChI is InChI=1S/C42H44F2N8O15S/c43-23-5-1-3-21(15-23)25-17-51(48-46-25)35-37(60)27(19-64-33(58)11-7-29(53)45-13-14-50-30(54)8-9-31(50)55)66-41(39(35)62)68-42-40(63)36(38(61)28(67-42)20-65-34(59)12-10-32(56)57)52-18-26(47-49-52)22-4-2-6-24(44)16-22/h1-6,8-9,15-18,27-28,35-42,60-63H,7,10-14,19-20H2,(H,45,53)(H,56,57)/t27-,28-,35+,36+,37+,38+,39-,40-,41+,42+/m1/s1. The van der Waals surface area contributed by atoms with Gasteiger partial charge in [0.25, 0.3) is 11.8 Å². The number of rotatable bonds is 19. The summed E-state index contributed by atoms with van der Waals surface area (Å²) in [5.41, 5.74) is -2.11. The molecule has 0 radical (unpaired) electrons. The van der Waals surface area contributed by atoms with E-state index >= 15 is 0 Å². The summed E-state index contributed by atoms with van der Waals surface area (Å²) in [7, 11) is 0. The maximum atomic E-state index is 14.2. The average molecular weight is 971 g/mol. The minimum Gasteiger partial charge on any atom is -0.481 e. The van der Waals surface area contributed by atoms with Gasteiger partial charge in [0.15, 0.2) is 0 Å². The highest BCUT2D eigenvalue weighted by molar-refractivity contribution is 8.00. The second-order valence-electron chi connectivity index (χ2n) is 15.6. The van der Waals surface area contributed by atoms with Crippen LogP contribution in [0.25, 0.3) is 22.5 Å². The number of esters is 2. The molecule has 4 aromatic rings. The van der Waals surface area contributed by atoms with Gasteiger partial charge in [-0.3, -0.25) is 33.7 Å². The fourth-order valence-corrected chi connectivity index (χ4v) is 8.78. The molecular weight excluding hydrogens is 927 g/mol. The quantitative estimate of drug-likeness (QED) is 0.0517. The second kappa shape index (κ2) is 22.0. The summed E-state index contributed by atoms with van der Waals surface area (Å²) in [4.78, 5) is 73.3. The molecule has 7 rings (SSSR count). The lowest BCUT2D eigenvalue weighted by Crippen LogP contribution is -2.58. The Balaban J connectivity index is 1.10. The molecule has 10 atom stereocenters. The number of amides is 3. The van der Waals surface area contributed by atoms with Gasteiger partial charge in [0.05, 0.1) is 31.7 Å². The van der Waals surface area contributed by atoms with Crippen molar-refractivity contribution in [2.45, 2.75) is 85.3 Å². The van der Waals surface area contributed by atoms with Crippen LogP contribution in [0.15, 0.2) is 73.1 Å². The molecule has 5 heterocycles. The van der Waals surface area contributed by atoms with Crippen molar-refractivity contribution in [1.82, 2.24) is 40.2 Å². The third-order valence-electron chi connectivity index (χ3n) is 11.0. The van der Waals surface area contributed by atoms with E-state index in [9.17, 15) is 58.0 Å². The molecule has 26 heteroatoms. The van der Waals surface area contributed by atoms with Crippen LogP contribution in [0.3, 0.4) is 0 Å². The molecule has 2 aromatic carbocycles. The van der Waals surface area contributed by atoms with Crippen LogP contribution in [0.5, 0.6) is 0 Å². The van der Waals surface area contributed by atoms with Crippen LogP contribution >= 0.6 is 11.8 Å². The minimum atomic E-state index is -1.74. The number of ether oxygens (including phenoxy) is 4. The van der Waals surface area contributed by atoms with Crippen molar-refractivity contribution in [3.63, 3.8) is 0 Å². The van der Waals surface area contributed by atoms with Gasteiger partial charge in [-0.1, -0.05) is 46.5 Å². The van der Waals surface area contributed by atoms with Crippen LogP contribution in [-0.2, 0) is 47.7 Å². The largest absolute Gasteiger partial charge is 0.481 e. The molecule has 0 aliphatic carbocycles. The Morgan fingerprint density at radius 3 is 1.62 bits per heavy atom.